The minimum Gasteiger partial charge on any atom is -0.313 e. The van der Waals surface area contributed by atoms with Crippen LogP contribution in [0.5, 0.6) is 0 Å². The number of likely N-dealkylation sites (tertiary alicyclic amines) is 1. The quantitative estimate of drug-likeness (QED) is 0.720. The summed E-state index contributed by atoms with van der Waals surface area (Å²) in [4.78, 5) is 2.63. The molecule has 1 heterocycles. The van der Waals surface area contributed by atoms with E-state index in [-0.39, 0.29) is 0 Å². The Balaban J connectivity index is 1.58. The summed E-state index contributed by atoms with van der Waals surface area (Å²) in [5, 5.41) is 3.59. The number of nitrogens with zero attached hydrogens (tertiary/aromatic N) is 1. The maximum atomic E-state index is 3.59. The Morgan fingerprint density at radius 1 is 1.29 bits per heavy atom. The average molecular weight is 196 g/mol. The molecule has 2 fully saturated rings. The fourth-order valence-corrected chi connectivity index (χ4v) is 2.32. The van der Waals surface area contributed by atoms with Crippen molar-refractivity contribution in [2.75, 3.05) is 26.2 Å². The molecule has 0 spiro atoms. The van der Waals surface area contributed by atoms with Crippen LogP contribution in [0.15, 0.2) is 0 Å². The molecular weight excluding hydrogens is 172 g/mol. The predicted molar refractivity (Wildman–Crippen MR) is 60.4 cm³/mol. The lowest BCUT2D eigenvalue weighted by molar-refractivity contribution is 0.302. The third-order valence-corrected chi connectivity index (χ3v) is 3.69. The van der Waals surface area contributed by atoms with E-state index in [0.717, 1.165) is 17.9 Å². The van der Waals surface area contributed by atoms with Crippen molar-refractivity contribution in [2.24, 2.45) is 11.8 Å². The molecule has 14 heavy (non-hydrogen) atoms. The van der Waals surface area contributed by atoms with Gasteiger partial charge in [-0.25, -0.2) is 0 Å². The minimum atomic E-state index is 0.872. The highest BCUT2D eigenvalue weighted by molar-refractivity contribution is 4.82. The molecule has 2 aliphatic rings. The molecule has 2 nitrogen and oxygen atoms in total. The van der Waals surface area contributed by atoms with Gasteiger partial charge < -0.3 is 10.2 Å². The van der Waals surface area contributed by atoms with E-state index < -0.39 is 0 Å². The third-order valence-electron chi connectivity index (χ3n) is 3.69. The molecule has 1 saturated carbocycles. The maximum Gasteiger partial charge on any atom is 0.0107 e. The molecule has 2 rings (SSSR count). The van der Waals surface area contributed by atoms with Gasteiger partial charge in [0.15, 0.2) is 0 Å². The van der Waals surface area contributed by atoms with Crippen LogP contribution in [0.2, 0.25) is 0 Å². The van der Waals surface area contributed by atoms with Gasteiger partial charge >= 0.3 is 0 Å². The molecule has 2 heteroatoms. The van der Waals surface area contributed by atoms with Crippen LogP contribution >= 0.6 is 0 Å². The van der Waals surface area contributed by atoms with Gasteiger partial charge in [-0.1, -0.05) is 13.8 Å². The molecule has 0 aromatic rings. The Kier molecular flexibility index (Phi) is 3.45. The van der Waals surface area contributed by atoms with Crippen LogP contribution in [0.1, 0.15) is 33.1 Å². The fourth-order valence-electron chi connectivity index (χ4n) is 2.32. The van der Waals surface area contributed by atoms with E-state index in [9.17, 15) is 0 Å². The standard InChI is InChI=1S/C12H24N2/c1-10(2)11-5-7-14(9-11)8-6-13-12-3-4-12/h10-13H,3-9H2,1-2H3. The first-order chi connectivity index (χ1) is 6.75. The Bertz CT molecular complexity index is 175. The molecule has 0 bridgehead atoms. The van der Waals surface area contributed by atoms with Gasteiger partial charge in [0, 0.05) is 25.7 Å². The molecule has 1 atom stereocenters. The molecule has 0 amide bonds. The highest BCUT2D eigenvalue weighted by Crippen LogP contribution is 2.23. The second kappa shape index (κ2) is 4.63. The first-order valence-electron chi connectivity index (χ1n) is 6.21. The smallest absolute Gasteiger partial charge is 0.0107 e. The van der Waals surface area contributed by atoms with Crippen molar-refractivity contribution in [1.29, 1.82) is 0 Å². The van der Waals surface area contributed by atoms with Crippen molar-refractivity contribution in [3.05, 3.63) is 0 Å². The normalized spacial score (nSPS) is 28.9. The molecule has 0 aromatic heterocycles. The van der Waals surface area contributed by atoms with Crippen LogP contribution in [0.4, 0.5) is 0 Å². The van der Waals surface area contributed by atoms with Crippen LogP contribution in [0.25, 0.3) is 0 Å². The number of nitrogens with one attached hydrogen (secondary N) is 1. The summed E-state index contributed by atoms with van der Waals surface area (Å²) in [6, 6.07) is 0.874. The van der Waals surface area contributed by atoms with E-state index in [1.165, 1.54) is 45.4 Å². The zero-order valence-electron chi connectivity index (χ0n) is 9.63. The lowest BCUT2D eigenvalue weighted by Gasteiger charge is -2.17. The van der Waals surface area contributed by atoms with Crippen LogP contribution in [-0.2, 0) is 0 Å². The molecule has 0 aromatic carbocycles. The number of hydrogen-bond donors (Lipinski definition) is 1. The van der Waals surface area contributed by atoms with E-state index in [1.807, 2.05) is 0 Å². The SMILES string of the molecule is CC(C)C1CCN(CCNC2CC2)C1. The monoisotopic (exact) mass is 196 g/mol. The fraction of sp³-hybridized carbons (Fsp3) is 1.00. The average Bonchev–Trinajstić information content (AvgIpc) is 2.82. The summed E-state index contributed by atoms with van der Waals surface area (Å²) < 4.78 is 0. The maximum absolute atomic E-state index is 3.59. The summed E-state index contributed by atoms with van der Waals surface area (Å²) in [5.41, 5.74) is 0. The van der Waals surface area contributed by atoms with Crippen LogP contribution in [-0.4, -0.2) is 37.1 Å². The van der Waals surface area contributed by atoms with Crippen molar-refractivity contribution in [3.8, 4) is 0 Å². The first kappa shape index (κ1) is 10.4. The molecule has 82 valence electrons. The molecule has 1 aliphatic carbocycles. The Morgan fingerprint density at radius 3 is 2.64 bits per heavy atom. The van der Waals surface area contributed by atoms with Crippen molar-refractivity contribution >= 4 is 0 Å². The van der Waals surface area contributed by atoms with Gasteiger partial charge in [0.1, 0.15) is 0 Å². The van der Waals surface area contributed by atoms with Gasteiger partial charge in [0.2, 0.25) is 0 Å². The largest absolute Gasteiger partial charge is 0.313 e. The lowest BCUT2D eigenvalue weighted by atomic mass is 9.95. The van der Waals surface area contributed by atoms with Gasteiger partial charge in [-0.05, 0) is 37.6 Å². The zero-order chi connectivity index (χ0) is 9.97. The van der Waals surface area contributed by atoms with Gasteiger partial charge in [0.05, 0.1) is 0 Å². The Hall–Kier alpha value is -0.0800. The van der Waals surface area contributed by atoms with Gasteiger partial charge in [0.25, 0.3) is 0 Å². The molecular formula is C12H24N2. The minimum absolute atomic E-state index is 0.872. The predicted octanol–water partition coefficient (Wildman–Crippen LogP) is 1.72. The van der Waals surface area contributed by atoms with Crippen molar-refractivity contribution in [3.63, 3.8) is 0 Å². The van der Waals surface area contributed by atoms with E-state index in [1.54, 1.807) is 0 Å². The summed E-state index contributed by atoms with van der Waals surface area (Å²) >= 11 is 0. The van der Waals surface area contributed by atoms with Crippen molar-refractivity contribution < 1.29 is 0 Å². The molecule has 1 aliphatic heterocycles. The number of hydrogen-bond acceptors (Lipinski definition) is 2. The van der Waals surface area contributed by atoms with E-state index in [4.69, 9.17) is 0 Å². The van der Waals surface area contributed by atoms with Crippen LogP contribution in [0, 0.1) is 11.8 Å². The van der Waals surface area contributed by atoms with Crippen molar-refractivity contribution in [1.82, 2.24) is 10.2 Å². The van der Waals surface area contributed by atoms with E-state index >= 15 is 0 Å². The summed E-state index contributed by atoms with van der Waals surface area (Å²) in [6.45, 7) is 9.85. The van der Waals surface area contributed by atoms with Crippen LogP contribution in [0.3, 0.4) is 0 Å². The summed E-state index contributed by atoms with van der Waals surface area (Å²) in [5.74, 6) is 1.83. The van der Waals surface area contributed by atoms with Gasteiger partial charge in [-0.3, -0.25) is 0 Å². The Labute approximate surface area is 88.1 Å². The number of rotatable bonds is 5. The second-order valence-corrected chi connectivity index (χ2v) is 5.32. The Morgan fingerprint density at radius 2 is 2.07 bits per heavy atom. The summed E-state index contributed by atoms with van der Waals surface area (Å²) in [6.07, 6.45) is 4.24. The van der Waals surface area contributed by atoms with Gasteiger partial charge in [-0.15, -0.1) is 0 Å². The van der Waals surface area contributed by atoms with Gasteiger partial charge in [-0.2, -0.15) is 0 Å². The highest BCUT2D eigenvalue weighted by atomic mass is 15.2. The molecule has 1 saturated heterocycles. The zero-order valence-corrected chi connectivity index (χ0v) is 9.63. The first-order valence-corrected chi connectivity index (χ1v) is 6.21. The summed E-state index contributed by atoms with van der Waals surface area (Å²) in [7, 11) is 0. The third kappa shape index (κ3) is 2.96. The molecule has 1 N–H and O–H groups in total. The topological polar surface area (TPSA) is 15.3 Å². The van der Waals surface area contributed by atoms with E-state index in [2.05, 4.69) is 24.1 Å². The highest BCUT2D eigenvalue weighted by Gasteiger charge is 2.25. The van der Waals surface area contributed by atoms with E-state index in [0.29, 0.717) is 0 Å². The van der Waals surface area contributed by atoms with Crippen molar-refractivity contribution in [2.45, 2.75) is 39.2 Å². The van der Waals surface area contributed by atoms with Crippen LogP contribution < -0.4 is 5.32 Å². The lowest BCUT2D eigenvalue weighted by Crippen LogP contribution is -2.31. The second-order valence-electron chi connectivity index (χ2n) is 5.32. The molecule has 0 radical (unpaired) electrons. The molecule has 1 unspecified atom stereocenters.